The Labute approximate surface area is 122 Å². The van der Waals surface area contributed by atoms with Gasteiger partial charge in [-0.15, -0.1) is 11.8 Å². The van der Waals surface area contributed by atoms with Crippen LogP contribution in [0.15, 0.2) is 35.2 Å². The molecule has 1 heterocycles. The molecule has 0 radical (unpaired) electrons. The maximum atomic E-state index is 6.13. The van der Waals surface area contributed by atoms with Crippen LogP contribution >= 0.6 is 23.4 Å². The van der Waals surface area contributed by atoms with E-state index in [2.05, 4.69) is 22.2 Å². The van der Waals surface area contributed by atoms with E-state index >= 15 is 0 Å². The van der Waals surface area contributed by atoms with E-state index in [9.17, 15) is 0 Å². The number of hydrogen-bond acceptors (Lipinski definition) is 4. The first-order valence-corrected chi connectivity index (χ1v) is 7.51. The number of aryl methyl sites for hydroxylation is 1. The van der Waals surface area contributed by atoms with Gasteiger partial charge in [-0.05, 0) is 26.0 Å². The quantitative estimate of drug-likeness (QED) is 0.840. The van der Waals surface area contributed by atoms with Crippen LogP contribution in [0.1, 0.15) is 18.4 Å². The minimum Gasteiger partial charge on any atom is -0.370 e. The number of rotatable bonds is 5. The molecular formula is C14H16ClN3S. The molecule has 5 heteroatoms. The second-order valence-electron chi connectivity index (χ2n) is 4.06. The molecule has 1 N–H and O–H groups in total. The number of anilines is 1. The van der Waals surface area contributed by atoms with Crippen LogP contribution in [-0.4, -0.2) is 16.5 Å². The molecule has 0 saturated heterocycles. The molecule has 100 valence electrons. The van der Waals surface area contributed by atoms with Gasteiger partial charge >= 0.3 is 0 Å². The lowest BCUT2D eigenvalue weighted by atomic mass is 10.4. The van der Waals surface area contributed by atoms with Gasteiger partial charge in [0.1, 0.15) is 11.6 Å². The SMILES string of the molecule is CCNc1cc(C)nc(CSc2ccccc2Cl)n1. The summed E-state index contributed by atoms with van der Waals surface area (Å²) in [7, 11) is 0. The van der Waals surface area contributed by atoms with Crippen LogP contribution in [0.4, 0.5) is 5.82 Å². The summed E-state index contributed by atoms with van der Waals surface area (Å²) in [6, 6.07) is 9.76. The van der Waals surface area contributed by atoms with E-state index in [1.165, 1.54) is 0 Å². The highest BCUT2D eigenvalue weighted by atomic mass is 35.5. The third-order valence-corrected chi connectivity index (χ3v) is 3.96. The molecule has 0 fully saturated rings. The molecule has 0 amide bonds. The summed E-state index contributed by atoms with van der Waals surface area (Å²) in [6.07, 6.45) is 0. The number of hydrogen-bond donors (Lipinski definition) is 1. The lowest BCUT2D eigenvalue weighted by molar-refractivity contribution is 0.986. The zero-order valence-corrected chi connectivity index (χ0v) is 12.6. The second-order valence-corrected chi connectivity index (χ2v) is 5.48. The third-order valence-electron chi connectivity index (χ3n) is 2.45. The third kappa shape index (κ3) is 4.11. The smallest absolute Gasteiger partial charge is 0.141 e. The van der Waals surface area contributed by atoms with Gasteiger partial charge in [-0.1, -0.05) is 23.7 Å². The predicted octanol–water partition coefficient (Wildman–Crippen LogP) is 4.16. The average Bonchev–Trinajstić information content (AvgIpc) is 2.37. The average molecular weight is 294 g/mol. The molecule has 1 aromatic carbocycles. The number of nitrogens with zero attached hydrogens (tertiary/aromatic N) is 2. The maximum absolute atomic E-state index is 6.13. The molecule has 0 aliphatic carbocycles. The van der Waals surface area contributed by atoms with Crippen LogP contribution in [0.3, 0.4) is 0 Å². The zero-order valence-electron chi connectivity index (χ0n) is 11.0. The van der Waals surface area contributed by atoms with Crippen molar-refractivity contribution in [2.75, 3.05) is 11.9 Å². The molecule has 0 unspecified atom stereocenters. The van der Waals surface area contributed by atoms with Crippen molar-refractivity contribution in [3.63, 3.8) is 0 Å². The van der Waals surface area contributed by atoms with E-state index in [-0.39, 0.29) is 0 Å². The molecule has 0 bridgehead atoms. The van der Waals surface area contributed by atoms with Crippen LogP contribution in [0.2, 0.25) is 5.02 Å². The summed E-state index contributed by atoms with van der Waals surface area (Å²) in [6.45, 7) is 4.88. The van der Waals surface area contributed by atoms with Crippen LogP contribution in [-0.2, 0) is 5.75 Å². The van der Waals surface area contributed by atoms with Crippen molar-refractivity contribution in [1.29, 1.82) is 0 Å². The van der Waals surface area contributed by atoms with E-state index in [4.69, 9.17) is 11.6 Å². The number of benzene rings is 1. The first kappa shape index (κ1) is 14.2. The highest BCUT2D eigenvalue weighted by Gasteiger charge is 2.05. The van der Waals surface area contributed by atoms with E-state index in [1.807, 2.05) is 37.3 Å². The summed E-state index contributed by atoms with van der Waals surface area (Å²) >= 11 is 7.78. The number of aromatic nitrogens is 2. The summed E-state index contributed by atoms with van der Waals surface area (Å²) < 4.78 is 0. The standard InChI is InChI=1S/C14H16ClN3S/c1-3-16-13-8-10(2)17-14(18-13)9-19-12-7-5-4-6-11(12)15/h4-8H,3,9H2,1-2H3,(H,16,17,18). The van der Waals surface area contributed by atoms with Gasteiger partial charge in [0.2, 0.25) is 0 Å². The molecule has 0 spiro atoms. The first-order valence-electron chi connectivity index (χ1n) is 6.15. The van der Waals surface area contributed by atoms with E-state index in [0.29, 0.717) is 5.75 Å². The molecule has 1 aromatic heterocycles. The zero-order chi connectivity index (χ0) is 13.7. The van der Waals surface area contributed by atoms with Crippen molar-refractivity contribution in [1.82, 2.24) is 9.97 Å². The Morgan fingerprint density at radius 3 is 2.79 bits per heavy atom. The van der Waals surface area contributed by atoms with Gasteiger partial charge in [-0.3, -0.25) is 0 Å². The fraction of sp³-hybridized carbons (Fsp3) is 0.286. The Hall–Kier alpha value is -1.26. The van der Waals surface area contributed by atoms with Crippen molar-refractivity contribution in [3.8, 4) is 0 Å². The van der Waals surface area contributed by atoms with Crippen molar-refractivity contribution >= 4 is 29.2 Å². The fourth-order valence-corrected chi connectivity index (χ4v) is 2.76. The minimum absolute atomic E-state index is 0.712. The van der Waals surface area contributed by atoms with E-state index < -0.39 is 0 Å². The monoisotopic (exact) mass is 293 g/mol. The Kier molecular flexibility index (Phi) is 5.05. The molecule has 2 rings (SSSR count). The van der Waals surface area contributed by atoms with Gasteiger partial charge in [0, 0.05) is 23.2 Å². The molecule has 0 aliphatic heterocycles. The molecule has 3 nitrogen and oxygen atoms in total. The lowest BCUT2D eigenvalue weighted by Gasteiger charge is -2.07. The predicted molar refractivity (Wildman–Crippen MR) is 81.9 cm³/mol. The molecule has 0 atom stereocenters. The highest BCUT2D eigenvalue weighted by Crippen LogP contribution is 2.28. The van der Waals surface area contributed by atoms with Crippen molar-refractivity contribution < 1.29 is 0 Å². The molecule has 2 aromatic rings. The van der Waals surface area contributed by atoms with Crippen LogP contribution in [0, 0.1) is 6.92 Å². The number of halogens is 1. The van der Waals surface area contributed by atoms with Crippen molar-refractivity contribution in [2.45, 2.75) is 24.5 Å². The lowest BCUT2D eigenvalue weighted by Crippen LogP contribution is -2.04. The maximum Gasteiger partial charge on any atom is 0.141 e. The van der Waals surface area contributed by atoms with Gasteiger partial charge in [-0.25, -0.2) is 9.97 Å². The Morgan fingerprint density at radius 1 is 1.26 bits per heavy atom. The van der Waals surface area contributed by atoms with Gasteiger partial charge in [0.05, 0.1) is 10.8 Å². The molecule has 19 heavy (non-hydrogen) atoms. The van der Waals surface area contributed by atoms with Gasteiger partial charge in [0.15, 0.2) is 0 Å². The minimum atomic E-state index is 0.712. The largest absolute Gasteiger partial charge is 0.370 e. The first-order chi connectivity index (χ1) is 9.19. The molecular weight excluding hydrogens is 278 g/mol. The van der Waals surface area contributed by atoms with Crippen LogP contribution in [0.5, 0.6) is 0 Å². The Morgan fingerprint density at radius 2 is 2.05 bits per heavy atom. The number of nitrogens with one attached hydrogen (secondary N) is 1. The van der Waals surface area contributed by atoms with E-state index in [0.717, 1.165) is 33.8 Å². The van der Waals surface area contributed by atoms with Crippen molar-refractivity contribution in [2.24, 2.45) is 0 Å². The normalized spacial score (nSPS) is 10.5. The van der Waals surface area contributed by atoms with Gasteiger partial charge in [0.25, 0.3) is 0 Å². The fourth-order valence-electron chi connectivity index (χ4n) is 1.67. The summed E-state index contributed by atoms with van der Waals surface area (Å²) in [5, 5.41) is 3.98. The summed E-state index contributed by atoms with van der Waals surface area (Å²) in [5.74, 6) is 2.41. The van der Waals surface area contributed by atoms with Gasteiger partial charge in [-0.2, -0.15) is 0 Å². The Bertz CT molecular complexity index is 560. The summed E-state index contributed by atoms with van der Waals surface area (Å²) in [5.41, 5.74) is 0.973. The topological polar surface area (TPSA) is 37.8 Å². The molecule has 0 saturated carbocycles. The molecule has 0 aliphatic rings. The van der Waals surface area contributed by atoms with Crippen molar-refractivity contribution in [3.05, 3.63) is 46.9 Å². The van der Waals surface area contributed by atoms with Gasteiger partial charge < -0.3 is 5.32 Å². The van der Waals surface area contributed by atoms with E-state index in [1.54, 1.807) is 11.8 Å². The second kappa shape index (κ2) is 6.78. The van der Waals surface area contributed by atoms with Crippen LogP contribution < -0.4 is 5.32 Å². The van der Waals surface area contributed by atoms with Crippen LogP contribution in [0.25, 0.3) is 0 Å². The highest BCUT2D eigenvalue weighted by molar-refractivity contribution is 7.98. The summed E-state index contributed by atoms with van der Waals surface area (Å²) in [4.78, 5) is 9.98. The Balaban J connectivity index is 2.09. The number of thioether (sulfide) groups is 1.